The molecule has 17 heavy (non-hydrogen) atoms. The van der Waals surface area contributed by atoms with E-state index < -0.39 is 11.9 Å². The van der Waals surface area contributed by atoms with Gasteiger partial charge in [-0.2, -0.15) is 0 Å². The molecule has 92 valence electrons. The number of carboxylic acids is 1. The van der Waals surface area contributed by atoms with E-state index >= 15 is 0 Å². The number of aliphatic carboxylic acids is 1. The average molecular weight is 234 g/mol. The van der Waals surface area contributed by atoms with Crippen molar-refractivity contribution in [3.05, 3.63) is 35.9 Å². The van der Waals surface area contributed by atoms with Crippen molar-refractivity contribution >= 4 is 5.97 Å². The van der Waals surface area contributed by atoms with E-state index in [1.165, 1.54) is 12.8 Å². The average Bonchev–Trinajstić information content (AvgIpc) is 3.13. The lowest BCUT2D eigenvalue weighted by molar-refractivity contribution is -0.140. The highest BCUT2D eigenvalue weighted by Crippen LogP contribution is 2.32. The van der Waals surface area contributed by atoms with Gasteiger partial charge < -0.3 is 9.84 Å². The van der Waals surface area contributed by atoms with Crippen molar-refractivity contribution in [3.8, 4) is 0 Å². The third kappa shape index (κ3) is 3.86. The Kier molecular flexibility index (Phi) is 4.15. The second kappa shape index (κ2) is 5.82. The van der Waals surface area contributed by atoms with E-state index in [0.29, 0.717) is 6.61 Å². The largest absolute Gasteiger partial charge is 0.481 e. The molecule has 0 saturated heterocycles. The summed E-state index contributed by atoms with van der Waals surface area (Å²) < 4.78 is 5.48. The van der Waals surface area contributed by atoms with Crippen LogP contribution in [0.25, 0.3) is 0 Å². The number of hydrogen-bond donors (Lipinski definition) is 1. The zero-order valence-corrected chi connectivity index (χ0v) is 9.84. The molecule has 0 aromatic heterocycles. The maximum absolute atomic E-state index is 11.2. The predicted octanol–water partition coefficient (Wildman–Crippen LogP) is 2.67. The highest BCUT2D eigenvalue weighted by Gasteiger charge is 2.22. The molecule has 1 N–H and O–H groups in total. The van der Waals surface area contributed by atoms with Crippen molar-refractivity contribution in [3.63, 3.8) is 0 Å². The van der Waals surface area contributed by atoms with E-state index in [0.717, 1.165) is 17.9 Å². The first kappa shape index (κ1) is 12.1. The highest BCUT2D eigenvalue weighted by molar-refractivity contribution is 5.76. The fraction of sp³-hybridized carbons (Fsp3) is 0.500. The maximum atomic E-state index is 11.2. The summed E-state index contributed by atoms with van der Waals surface area (Å²) in [7, 11) is 0. The Labute approximate surface area is 101 Å². The van der Waals surface area contributed by atoms with Gasteiger partial charge in [-0.1, -0.05) is 43.2 Å². The van der Waals surface area contributed by atoms with Gasteiger partial charge in [-0.15, -0.1) is 0 Å². The summed E-state index contributed by atoms with van der Waals surface area (Å²) in [6.45, 7) is 0.952. The van der Waals surface area contributed by atoms with Crippen LogP contribution >= 0.6 is 0 Å². The molecule has 0 spiro atoms. The lowest BCUT2D eigenvalue weighted by Crippen LogP contribution is -2.18. The molecule has 1 aromatic rings. The van der Waals surface area contributed by atoms with Gasteiger partial charge in [0.2, 0.25) is 0 Å². The SMILES string of the molecule is O=C(O)C(COCCC1CC1)c1ccccc1. The van der Waals surface area contributed by atoms with E-state index in [9.17, 15) is 4.79 Å². The number of ether oxygens (including phenoxy) is 1. The van der Waals surface area contributed by atoms with Crippen molar-refractivity contribution < 1.29 is 14.6 Å². The van der Waals surface area contributed by atoms with Gasteiger partial charge in [0.15, 0.2) is 0 Å². The molecule has 2 rings (SSSR count). The van der Waals surface area contributed by atoms with Crippen molar-refractivity contribution in [2.75, 3.05) is 13.2 Å². The fourth-order valence-corrected chi connectivity index (χ4v) is 1.85. The molecule has 1 aromatic carbocycles. The van der Waals surface area contributed by atoms with Gasteiger partial charge >= 0.3 is 5.97 Å². The maximum Gasteiger partial charge on any atom is 0.313 e. The number of carboxylic acid groups (broad SMARTS) is 1. The molecule has 1 fully saturated rings. The quantitative estimate of drug-likeness (QED) is 0.738. The fourth-order valence-electron chi connectivity index (χ4n) is 1.85. The van der Waals surface area contributed by atoms with Crippen LogP contribution in [-0.2, 0) is 9.53 Å². The lowest BCUT2D eigenvalue weighted by atomic mass is 10.0. The van der Waals surface area contributed by atoms with Crippen LogP contribution in [-0.4, -0.2) is 24.3 Å². The topological polar surface area (TPSA) is 46.5 Å². The Morgan fingerprint density at radius 1 is 1.35 bits per heavy atom. The minimum absolute atomic E-state index is 0.270. The molecule has 3 nitrogen and oxygen atoms in total. The molecule has 0 bridgehead atoms. The molecule has 1 aliphatic rings. The summed E-state index contributed by atoms with van der Waals surface area (Å²) in [6, 6.07) is 9.27. The van der Waals surface area contributed by atoms with Gasteiger partial charge in [0.05, 0.1) is 6.61 Å². The monoisotopic (exact) mass is 234 g/mol. The normalized spacial score (nSPS) is 16.7. The van der Waals surface area contributed by atoms with Crippen molar-refractivity contribution in [2.24, 2.45) is 5.92 Å². The first-order valence-corrected chi connectivity index (χ1v) is 6.13. The summed E-state index contributed by atoms with van der Waals surface area (Å²) in [5.41, 5.74) is 0.812. The Morgan fingerprint density at radius 2 is 2.06 bits per heavy atom. The summed E-state index contributed by atoms with van der Waals surface area (Å²) in [4.78, 5) is 11.2. The van der Waals surface area contributed by atoms with Crippen LogP contribution in [0.2, 0.25) is 0 Å². The molecular weight excluding hydrogens is 216 g/mol. The summed E-state index contributed by atoms with van der Waals surface area (Å²) in [5.74, 6) is -0.534. The van der Waals surface area contributed by atoms with Crippen LogP contribution in [0.3, 0.4) is 0 Å². The number of rotatable bonds is 7. The Balaban J connectivity index is 1.82. The molecule has 1 atom stereocenters. The predicted molar refractivity (Wildman–Crippen MR) is 65.0 cm³/mol. The Morgan fingerprint density at radius 3 is 2.65 bits per heavy atom. The molecule has 1 saturated carbocycles. The summed E-state index contributed by atoms with van der Waals surface area (Å²) in [6.07, 6.45) is 3.69. The van der Waals surface area contributed by atoms with Crippen molar-refractivity contribution in [2.45, 2.75) is 25.2 Å². The molecular formula is C14H18O3. The zero-order chi connectivity index (χ0) is 12.1. The van der Waals surface area contributed by atoms with Crippen LogP contribution in [0.4, 0.5) is 0 Å². The molecule has 0 amide bonds. The molecule has 0 heterocycles. The van der Waals surface area contributed by atoms with Crippen LogP contribution < -0.4 is 0 Å². The van der Waals surface area contributed by atoms with E-state index in [1.807, 2.05) is 30.3 Å². The van der Waals surface area contributed by atoms with Gasteiger partial charge in [-0.3, -0.25) is 4.79 Å². The smallest absolute Gasteiger partial charge is 0.313 e. The highest BCUT2D eigenvalue weighted by atomic mass is 16.5. The standard InChI is InChI=1S/C14H18O3/c15-14(16)13(12-4-2-1-3-5-12)10-17-9-8-11-6-7-11/h1-5,11,13H,6-10H2,(H,15,16). The third-order valence-corrected chi connectivity index (χ3v) is 3.15. The molecule has 0 aliphatic heterocycles. The van der Waals surface area contributed by atoms with E-state index in [1.54, 1.807) is 0 Å². The van der Waals surface area contributed by atoms with Crippen LogP contribution in [0.5, 0.6) is 0 Å². The molecule has 0 radical (unpaired) electrons. The Bertz CT molecular complexity index is 357. The minimum Gasteiger partial charge on any atom is -0.481 e. The first-order chi connectivity index (χ1) is 8.27. The van der Waals surface area contributed by atoms with Gasteiger partial charge in [-0.05, 0) is 17.9 Å². The number of carbonyl (C=O) groups is 1. The molecule has 1 unspecified atom stereocenters. The van der Waals surface area contributed by atoms with Crippen LogP contribution in [0.15, 0.2) is 30.3 Å². The second-order valence-corrected chi connectivity index (χ2v) is 4.61. The molecule has 3 heteroatoms. The first-order valence-electron chi connectivity index (χ1n) is 6.13. The summed E-state index contributed by atoms with van der Waals surface area (Å²) in [5, 5.41) is 9.17. The van der Waals surface area contributed by atoms with Crippen LogP contribution in [0, 0.1) is 5.92 Å². The Hall–Kier alpha value is -1.35. The van der Waals surface area contributed by atoms with E-state index in [2.05, 4.69) is 0 Å². The van der Waals surface area contributed by atoms with Crippen LogP contribution in [0.1, 0.15) is 30.7 Å². The second-order valence-electron chi connectivity index (χ2n) is 4.61. The third-order valence-electron chi connectivity index (χ3n) is 3.15. The molecule has 1 aliphatic carbocycles. The van der Waals surface area contributed by atoms with Crippen molar-refractivity contribution in [1.29, 1.82) is 0 Å². The minimum atomic E-state index is -0.817. The van der Waals surface area contributed by atoms with Gasteiger partial charge in [-0.25, -0.2) is 0 Å². The van der Waals surface area contributed by atoms with Gasteiger partial charge in [0.25, 0.3) is 0 Å². The van der Waals surface area contributed by atoms with Gasteiger partial charge in [0, 0.05) is 6.61 Å². The number of hydrogen-bond acceptors (Lipinski definition) is 2. The zero-order valence-electron chi connectivity index (χ0n) is 9.84. The van der Waals surface area contributed by atoms with E-state index in [4.69, 9.17) is 9.84 Å². The summed E-state index contributed by atoms with van der Waals surface area (Å²) >= 11 is 0. The van der Waals surface area contributed by atoms with Crippen molar-refractivity contribution in [1.82, 2.24) is 0 Å². The van der Waals surface area contributed by atoms with Gasteiger partial charge in [0.1, 0.15) is 5.92 Å². The van der Waals surface area contributed by atoms with E-state index in [-0.39, 0.29) is 6.61 Å². The lowest BCUT2D eigenvalue weighted by Gasteiger charge is -2.13. The number of benzene rings is 1.